The van der Waals surface area contributed by atoms with Gasteiger partial charge in [0.25, 0.3) is 0 Å². The van der Waals surface area contributed by atoms with Gasteiger partial charge in [-0.25, -0.2) is 4.98 Å². The van der Waals surface area contributed by atoms with E-state index in [1.54, 1.807) is 9.56 Å². The molecule has 0 radical (unpaired) electrons. The fraction of sp³-hybridized carbons (Fsp3) is 0.607. The first-order valence-corrected chi connectivity index (χ1v) is 14.1. The first-order valence-electron chi connectivity index (χ1n) is 13.3. The Balaban J connectivity index is 0.968. The molecule has 2 saturated carbocycles. The number of aromatic nitrogens is 3. The molecular weight excluding hydrogens is 440 g/mol. The summed E-state index contributed by atoms with van der Waals surface area (Å²) in [6.45, 7) is 3.46. The zero-order valence-electron chi connectivity index (χ0n) is 20.3. The topological polar surface area (TPSA) is 51.0 Å². The molecular formula is C28H36N4OS. The smallest absolute Gasteiger partial charge is 0.163 e. The molecule has 3 aliphatic rings. The molecule has 180 valence electrons. The van der Waals surface area contributed by atoms with Crippen LogP contribution in [-0.2, 0) is 20.0 Å². The lowest BCUT2D eigenvalue weighted by Gasteiger charge is -2.31. The lowest BCUT2D eigenvalue weighted by Crippen LogP contribution is -2.32. The Hall–Kier alpha value is -2.05. The number of ketones is 1. The monoisotopic (exact) mass is 476 g/mol. The third-order valence-corrected chi connectivity index (χ3v) is 9.86. The van der Waals surface area contributed by atoms with E-state index in [2.05, 4.69) is 10.00 Å². The number of hydrogen-bond donors (Lipinski definition) is 0. The number of rotatable bonds is 7. The van der Waals surface area contributed by atoms with Crippen LogP contribution in [0, 0.1) is 11.8 Å². The quantitative estimate of drug-likeness (QED) is 0.385. The van der Waals surface area contributed by atoms with Crippen molar-refractivity contribution in [3.63, 3.8) is 0 Å². The summed E-state index contributed by atoms with van der Waals surface area (Å²) in [6.07, 6.45) is 14.2. The highest BCUT2D eigenvalue weighted by atomic mass is 32.1. The normalized spacial score (nSPS) is 23.7. The minimum Gasteiger partial charge on any atom is -0.297 e. The van der Waals surface area contributed by atoms with E-state index in [1.807, 2.05) is 42.8 Å². The predicted molar refractivity (Wildman–Crippen MR) is 137 cm³/mol. The highest BCUT2D eigenvalue weighted by Gasteiger charge is 2.28. The van der Waals surface area contributed by atoms with Crippen molar-refractivity contribution in [3.8, 4) is 0 Å². The van der Waals surface area contributed by atoms with Gasteiger partial charge in [-0.05, 0) is 63.0 Å². The van der Waals surface area contributed by atoms with Crippen molar-refractivity contribution in [2.45, 2.75) is 76.7 Å². The van der Waals surface area contributed by atoms with Crippen LogP contribution < -0.4 is 0 Å². The summed E-state index contributed by atoms with van der Waals surface area (Å²) in [4.78, 5) is 22.3. The number of carbonyl (C=O) groups is 1. The van der Waals surface area contributed by atoms with E-state index in [1.165, 1.54) is 81.6 Å². The van der Waals surface area contributed by atoms with Gasteiger partial charge in [0, 0.05) is 54.5 Å². The Kier molecular flexibility index (Phi) is 6.29. The summed E-state index contributed by atoms with van der Waals surface area (Å²) < 4.78 is 1.80. The maximum absolute atomic E-state index is 13.1. The molecule has 34 heavy (non-hydrogen) atoms. The molecule has 0 bridgehead atoms. The van der Waals surface area contributed by atoms with Crippen LogP contribution in [0.1, 0.15) is 89.6 Å². The first-order chi connectivity index (χ1) is 16.6. The largest absolute Gasteiger partial charge is 0.297 e. The minimum atomic E-state index is 0.288. The molecule has 0 unspecified atom stereocenters. The van der Waals surface area contributed by atoms with E-state index in [-0.39, 0.29) is 5.78 Å². The van der Waals surface area contributed by atoms with Crippen LogP contribution in [0.15, 0.2) is 24.4 Å². The standard InChI is InChI=1S/C28H36N4OS/c1-31-17-23-22(6-3-7-24(23)30-31)26(33)16-20-10-8-19(9-11-20)12-14-32-15-13-27-25(18-32)29-28(34-27)21-4-2-5-21/h3,6-7,17,19-21H,2,4-5,8-16,18H2,1H3. The molecule has 0 amide bonds. The third kappa shape index (κ3) is 4.59. The fourth-order valence-corrected chi connectivity index (χ4v) is 7.39. The van der Waals surface area contributed by atoms with Gasteiger partial charge in [-0.3, -0.25) is 14.4 Å². The predicted octanol–water partition coefficient (Wildman–Crippen LogP) is 6.12. The van der Waals surface area contributed by atoms with Gasteiger partial charge in [0.05, 0.1) is 16.2 Å². The number of fused-ring (bicyclic) bond motifs is 2. The third-order valence-electron chi connectivity index (χ3n) is 8.54. The second-order valence-electron chi connectivity index (χ2n) is 10.9. The molecule has 1 aromatic carbocycles. The lowest BCUT2D eigenvalue weighted by molar-refractivity contribution is 0.0941. The van der Waals surface area contributed by atoms with Gasteiger partial charge in [-0.2, -0.15) is 5.10 Å². The number of benzene rings is 1. The average Bonchev–Trinajstić information content (AvgIpc) is 3.38. The molecule has 3 heterocycles. The van der Waals surface area contributed by atoms with E-state index in [0.717, 1.165) is 34.8 Å². The number of aryl methyl sites for hydroxylation is 1. The molecule has 5 nitrogen and oxygen atoms in total. The number of thiazole rings is 1. The molecule has 2 fully saturated rings. The van der Waals surface area contributed by atoms with Crippen LogP contribution in [-0.4, -0.2) is 38.5 Å². The van der Waals surface area contributed by atoms with E-state index < -0.39 is 0 Å². The maximum Gasteiger partial charge on any atom is 0.163 e. The number of carbonyl (C=O) groups excluding carboxylic acids is 1. The molecule has 6 rings (SSSR count). The Morgan fingerprint density at radius 3 is 2.74 bits per heavy atom. The summed E-state index contributed by atoms with van der Waals surface area (Å²) in [6, 6.07) is 5.92. The summed E-state index contributed by atoms with van der Waals surface area (Å²) in [5.74, 6) is 2.41. The highest BCUT2D eigenvalue weighted by molar-refractivity contribution is 7.11. The first kappa shape index (κ1) is 22.4. The second kappa shape index (κ2) is 9.54. The van der Waals surface area contributed by atoms with Gasteiger partial charge < -0.3 is 0 Å². The Morgan fingerprint density at radius 1 is 1.12 bits per heavy atom. The summed E-state index contributed by atoms with van der Waals surface area (Å²) in [7, 11) is 1.92. The zero-order chi connectivity index (χ0) is 23.1. The fourth-order valence-electron chi connectivity index (χ4n) is 6.16. The Morgan fingerprint density at radius 2 is 1.94 bits per heavy atom. The van der Waals surface area contributed by atoms with Gasteiger partial charge in [-0.1, -0.05) is 31.4 Å². The van der Waals surface area contributed by atoms with Crippen LogP contribution in [0.5, 0.6) is 0 Å². The van der Waals surface area contributed by atoms with Crippen molar-refractivity contribution in [2.24, 2.45) is 18.9 Å². The van der Waals surface area contributed by atoms with E-state index in [0.29, 0.717) is 12.3 Å². The van der Waals surface area contributed by atoms with Crippen molar-refractivity contribution in [2.75, 3.05) is 13.1 Å². The molecule has 0 saturated heterocycles. The van der Waals surface area contributed by atoms with Gasteiger partial charge in [0.1, 0.15) is 0 Å². The number of nitrogens with zero attached hydrogens (tertiary/aromatic N) is 4. The van der Waals surface area contributed by atoms with Crippen molar-refractivity contribution >= 4 is 28.0 Å². The molecule has 1 aliphatic heterocycles. The van der Waals surface area contributed by atoms with E-state index >= 15 is 0 Å². The number of Topliss-reactive ketones (excluding diaryl/α,β-unsaturated/α-hetero) is 1. The Labute approximate surface area is 206 Å². The van der Waals surface area contributed by atoms with E-state index in [9.17, 15) is 4.79 Å². The number of hydrogen-bond acceptors (Lipinski definition) is 5. The van der Waals surface area contributed by atoms with Crippen molar-refractivity contribution in [3.05, 3.63) is 45.5 Å². The molecule has 6 heteroatoms. The minimum absolute atomic E-state index is 0.288. The van der Waals surface area contributed by atoms with E-state index in [4.69, 9.17) is 4.98 Å². The van der Waals surface area contributed by atoms with Crippen LogP contribution >= 0.6 is 11.3 Å². The molecule has 2 aromatic heterocycles. The van der Waals surface area contributed by atoms with Gasteiger partial charge >= 0.3 is 0 Å². The van der Waals surface area contributed by atoms with Crippen LogP contribution in [0.3, 0.4) is 0 Å². The van der Waals surface area contributed by atoms with Crippen molar-refractivity contribution < 1.29 is 4.79 Å². The van der Waals surface area contributed by atoms with Gasteiger partial charge in [0.2, 0.25) is 0 Å². The lowest BCUT2D eigenvalue weighted by atomic mass is 9.78. The second-order valence-corrected chi connectivity index (χ2v) is 12.0. The molecule has 0 N–H and O–H groups in total. The maximum atomic E-state index is 13.1. The van der Waals surface area contributed by atoms with Crippen LogP contribution in [0.2, 0.25) is 0 Å². The van der Waals surface area contributed by atoms with Crippen LogP contribution in [0.25, 0.3) is 10.9 Å². The molecule has 0 atom stereocenters. The van der Waals surface area contributed by atoms with Gasteiger partial charge in [-0.15, -0.1) is 11.3 Å². The zero-order valence-corrected chi connectivity index (χ0v) is 21.2. The molecule has 0 spiro atoms. The SMILES string of the molecule is Cn1cc2c(C(=O)CC3CCC(CCN4CCc5sc(C6CCC6)nc5C4)CC3)cccc2n1. The molecule has 2 aliphatic carbocycles. The van der Waals surface area contributed by atoms with Gasteiger partial charge in [0.15, 0.2) is 5.78 Å². The average molecular weight is 477 g/mol. The van der Waals surface area contributed by atoms with Crippen molar-refractivity contribution in [1.82, 2.24) is 19.7 Å². The Bertz CT molecular complexity index is 1170. The molecule has 3 aromatic rings. The summed E-state index contributed by atoms with van der Waals surface area (Å²) >= 11 is 2.00. The van der Waals surface area contributed by atoms with Crippen LogP contribution in [0.4, 0.5) is 0 Å². The highest BCUT2D eigenvalue weighted by Crippen LogP contribution is 2.40. The summed E-state index contributed by atoms with van der Waals surface area (Å²) in [5, 5.41) is 6.87. The van der Waals surface area contributed by atoms with Crippen molar-refractivity contribution in [1.29, 1.82) is 0 Å². The summed E-state index contributed by atoms with van der Waals surface area (Å²) in [5.41, 5.74) is 3.14.